The molecule has 0 fully saturated rings. The second-order valence-electron chi connectivity index (χ2n) is 5.59. The van der Waals surface area contributed by atoms with Gasteiger partial charge in [-0.2, -0.15) is 5.10 Å². The highest BCUT2D eigenvalue weighted by Crippen LogP contribution is 2.27. The second kappa shape index (κ2) is 7.63. The normalized spacial score (nSPS) is 12.3. The van der Waals surface area contributed by atoms with Gasteiger partial charge in [-0.3, -0.25) is 4.68 Å². The van der Waals surface area contributed by atoms with Crippen molar-refractivity contribution in [1.82, 2.24) is 9.78 Å². The summed E-state index contributed by atoms with van der Waals surface area (Å²) in [6.07, 6.45) is 2.99. The van der Waals surface area contributed by atoms with Crippen molar-refractivity contribution in [2.75, 3.05) is 0 Å². The molecule has 0 aliphatic carbocycles. The number of carboxylic acids is 2. The summed E-state index contributed by atoms with van der Waals surface area (Å²) in [6.45, 7) is 4.65. The Labute approximate surface area is 143 Å². The van der Waals surface area contributed by atoms with E-state index in [1.54, 1.807) is 0 Å². The van der Waals surface area contributed by atoms with Gasteiger partial charge < -0.3 is 20.4 Å². The van der Waals surface area contributed by atoms with Crippen molar-refractivity contribution in [1.29, 1.82) is 0 Å². The van der Waals surface area contributed by atoms with Crippen LogP contribution >= 0.6 is 0 Å². The Hall–Kier alpha value is -3.13. The Morgan fingerprint density at radius 3 is 2.52 bits per heavy atom. The Morgan fingerprint density at radius 1 is 1.32 bits per heavy atom. The number of aromatic nitrogens is 2. The molecule has 4 N–H and O–H groups in total. The number of furan rings is 1. The summed E-state index contributed by atoms with van der Waals surface area (Å²) in [5, 5.41) is 22.2. The maximum Gasteiger partial charge on any atom is 0.328 e. The SMILES string of the molecule is Cc1cc2c(ccc3cnn(C[C@H](C)N)c32)o1.O=C(O)C=CC(=O)O. The van der Waals surface area contributed by atoms with Crippen LogP contribution in [0.1, 0.15) is 12.7 Å². The van der Waals surface area contributed by atoms with Gasteiger partial charge in [-0.1, -0.05) is 0 Å². The lowest BCUT2D eigenvalue weighted by atomic mass is 10.2. The van der Waals surface area contributed by atoms with Crippen LogP contribution in [0.4, 0.5) is 0 Å². The molecule has 1 atom stereocenters. The molecule has 0 amide bonds. The van der Waals surface area contributed by atoms with Crippen LogP contribution in [-0.4, -0.2) is 38.0 Å². The third-order valence-electron chi connectivity index (χ3n) is 3.25. The van der Waals surface area contributed by atoms with Crippen molar-refractivity contribution in [2.24, 2.45) is 5.73 Å². The third-order valence-corrected chi connectivity index (χ3v) is 3.25. The zero-order chi connectivity index (χ0) is 18.6. The molecule has 8 heteroatoms. The lowest BCUT2D eigenvalue weighted by molar-refractivity contribution is -0.134. The molecule has 0 aliphatic rings. The van der Waals surface area contributed by atoms with Crippen LogP contribution in [0.2, 0.25) is 0 Å². The van der Waals surface area contributed by atoms with Gasteiger partial charge in [-0.15, -0.1) is 0 Å². The minimum absolute atomic E-state index is 0.0846. The van der Waals surface area contributed by atoms with Gasteiger partial charge in [0.2, 0.25) is 0 Å². The lowest BCUT2D eigenvalue weighted by Gasteiger charge is -2.06. The van der Waals surface area contributed by atoms with Gasteiger partial charge >= 0.3 is 11.9 Å². The van der Waals surface area contributed by atoms with Gasteiger partial charge in [0.25, 0.3) is 0 Å². The highest BCUT2D eigenvalue weighted by Gasteiger charge is 2.11. The monoisotopic (exact) mass is 345 g/mol. The van der Waals surface area contributed by atoms with E-state index in [0.29, 0.717) is 18.7 Å². The molecule has 0 saturated carbocycles. The largest absolute Gasteiger partial charge is 0.478 e. The first-order chi connectivity index (χ1) is 11.8. The summed E-state index contributed by atoms with van der Waals surface area (Å²) in [6, 6.07) is 6.16. The maximum atomic E-state index is 9.55. The fraction of sp³-hybridized carbons (Fsp3) is 0.235. The minimum atomic E-state index is -1.26. The van der Waals surface area contributed by atoms with Gasteiger partial charge in [0.15, 0.2) is 0 Å². The van der Waals surface area contributed by atoms with Gasteiger partial charge in [0, 0.05) is 29.0 Å². The zero-order valence-electron chi connectivity index (χ0n) is 13.8. The van der Waals surface area contributed by atoms with Crippen molar-refractivity contribution in [3.05, 3.63) is 42.3 Å². The molecule has 0 bridgehead atoms. The smallest absolute Gasteiger partial charge is 0.328 e. The number of hydrogen-bond donors (Lipinski definition) is 3. The van der Waals surface area contributed by atoms with Crippen LogP contribution in [0.25, 0.3) is 21.9 Å². The van der Waals surface area contributed by atoms with E-state index in [2.05, 4.69) is 11.2 Å². The molecule has 0 unspecified atom stereocenters. The molecule has 25 heavy (non-hydrogen) atoms. The number of benzene rings is 1. The first-order valence-corrected chi connectivity index (χ1v) is 7.52. The molecule has 0 spiro atoms. The van der Waals surface area contributed by atoms with E-state index in [4.69, 9.17) is 20.4 Å². The van der Waals surface area contributed by atoms with Gasteiger partial charge in [-0.25, -0.2) is 9.59 Å². The van der Waals surface area contributed by atoms with Crippen molar-refractivity contribution in [3.8, 4) is 0 Å². The molecule has 3 aromatic rings. The Kier molecular flexibility index (Phi) is 5.56. The number of hydrogen-bond acceptors (Lipinski definition) is 5. The molecule has 0 aliphatic heterocycles. The van der Waals surface area contributed by atoms with E-state index in [1.165, 1.54) is 0 Å². The van der Waals surface area contributed by atoms with Gasteiger partial charge in [-0.05, 0) is 32.0 Å². The van der Waals surface area contributed by atoms with E-state index in [1.807, 2.05) is 36.9 Å². The van der Waals surface area contributed by atoms with Crippen LogP contribution in [0.5, 0.6) is 0 Å². The number of rotatable bonds is 4. The van der Waals surface area contributed by atoms with Crippen molar-refractivity contribution < 1.29 is 24.2 Å². The molecule has 2 heterocycles. The highest BCUT2D eigenvalue weighted by atomic mass is 16.4. The summed E-state index contributed by atoms with van der Waals surface area (Å²) < 4.78 is 7.59. The summed E-state index contributed by atoms with van der Waals surface area (Å²) in [5.74, 6) is -1.60. The number of carbonyl (C=O) groups is 2. The molecule has 132 valence electrons. The first-order valence-electron chi connectivity index (χ1n) is 7.52. The van der Waals surface area contributed by atoms with E-state index in [9.17, 15) is 9.59 Å². The molecule has 3 rings (SSSR count). The summed E-state index contributed by atoms with van der Waals surface area (Å²) in [5.41, 5.74) is 7.85. The number of nitrogens with zero attached hydrogens (tertiary/aromatic N) is 2. The van der Waals surface area contributed by atoms with E-state index < -0.39 is 11.9 Å². The Balaban J connectivity index is 0.000000242. The third kappa shape index (κ3) is 4.67. The second-order valence-corrected chi connectivity index (χ2v) is 5.59. The number of aliphatic carboxylic acids is 2. The van der Waals surface area contributed by atoms with Crippen LogP contribution in [-0.2, 0) is 16.1 Å². The summed E-state index contributed by atoms with van der Waals surface area (Å²) >= 11 is 0. The average molecular weight is 345 g/mol. The lowest BCUT2D eigenvalue weighted by Crippen LogP contribution is -2.22. The maximum absolute atomic E-state index is 9.55. The van der Waals surface area contributed by atoms with Gasteiger partial charge in [0.1, 0.15) is 11.3 Å². The van der Waals surface area contributed by atoms with Crippen LogP contribution in [0, 0.1) is 6.92 Å². The standard InChI is InChI=1S/C13H15N3O.C4H4O4/c1-8(14)7-16-13-10(6-15-16)3-4-12-11(13)5-9(2)17-12;5-3(6)1-2-4(7)8/h3-6,8H,7,14H2,1-2H3;1-2H,(H,5,6)(H,7,8)/t8-;/m0./s1. The fourth-order valence-corrected chi connectivity index (χ4v) is 2.38. The van der Waals surface area contributed by atoms with Crippen LogP contribution in [0.15, 0.2) is 41.0 Å². The minimum Gasteiger partial charge on any atom is -0.478 e. The first kappa shape index (κ1) is 18.2. The average Bonchev–Trinajstić information content (AvgIpc) is 3.07. The van der Waals surface area contributed by atoms with E-state index in [-0.39, 0.29) is 6.04 Å². The topological polar surface area (TPSA) is 132 Å². The number of fused-ring (bicyclic) bond motifs is 3. The number of nitrogens with two attached hydrogens (primary N) is 1. The quantitative estimate of drug-likeness (QED) is 0.617. The molecular weight excluding hydrogens is 326 g/mol. The highest BCUT2D eigenvalue weighted by molar-refractivity contribution is 6.03. The molecule has 1 aromatic carbocycles. The summed E-state index contributed by atoms with van der Waals surface area (Å²) in [7, 11) is 0. The Morgan fingerprint density at radius 2 is 1.96 bits per heavy atom. The Bertz CT molecular complexity index is 920. The predicted molar refractivity (Wildman–Crippen MR) is 92.3 cm³/mol. The fourth-order valence-electron chi connectivity index (χ4n) is 2.38. The number of aryl methyl sites for hydroxylation is 1. The van der Waals surface area contributed by atoms with Crippen molar-refractivity contribution in [2.45, 2.75) is 26.4 Å². The molecular formula is C17H19N3O5. The van der Waals surface area contributed by atoms with Gasteiger partial charge in [0.05, 0.1) is 18.3 Å². The summed E-state index contributed by atoms with van der Waals surface area (Å²) in [4.78, 5) is 19.1. The van der Waals surface area contributed by atoms with Crippen molar-refractivity contribution in [3.63, 3.8) is 0 Å². The van der Waals surface area contributed by atoms with E-state index in [0.717, 1.165) is 27.6 Å². The number of carboxylic acid groups (broad SMARTS) is 2. The molecule has 0 radical (unpaired) electrons. The van der Waals surface area contributed by atoms with E-state index >= 15 is 0 Å². The van der Waals surface area contributed by atoms with Crippen LogP contribution in [0.3, 0.4) is 0 Å². The molecule has 8 nitrogen and oxygen atoms in total. The van der Waals surface area contributed by atoms with Crippen molar-refractivity contribution >= 4 is 33.8 Å². The molecule has 2 aromatic heterocycles. The predicted octanol–water partition coefficient (Wildman–Crippen LogP) is 2.15. The van der Waals surface area contributed by atoms with Crippen LogP contribution < -0.4 is 5.73 Å². The molecule has 0 saturated heterocycles. The zero-order valence-corrected chi connectivity index (χ0v) is 13.8.